The van der Waals surface area contributed by atoms with Gasteiger partial charge in [0.2, 0.25) is 5.13 Å². The number of aromatic nitrogens is 2. The van der Waals surface area contributed by atoms with Crippen molar-refractivity contribution in [1.82, 2.24) is 15.1 Å². The number of nitrogen functional groups attached to an aromatic ring is 1. The van der Waals surface area contributed by atoms with Gasteiger partial charge in [-0.05, 0) is 18.7 Å². The van der Waals surface area contributed by atoms with E-state index in [0.717, 1.165) is 28.7 Å². The normalized spacial score (nSPS) is 11.0. The second-order valence-corrected chi connectivity index (χ2v) is 5.30. The quantitative estimate of drug-likeness (QED) is 0.925. The summed E-state index contributed by atoms with van der Waals surface area (Å²) >= 11 is 7.52. The molecule has 0 unspecified atom stereocenters. The van der Waals surface area contributed by atoms with Crippen LogP contribution in [0, 0.1) is 0 Å². The topological polar surface area (TPSA) is 55.0 Å². The van der Waals surface area contributed by atoms with Crippen LogP contribution in [0.4, 0.5) is 5.13 Å². The van der Waals surface area contributed by atoms with Gasteiger partial charge in [-0.2, -0.15) is 0 Å². The fourth-order valence-electron chi connectivity index (χ4n) is 1.53. The van der Waals surface area contributed by atoms with Gasteiger partial charge in [-0.1, -0.05) is 41.1 Å². The zero-order valence-corrected chi connectivity index (χ0v) is 11.0. The van der Waals surface area contributed by atoms with E-state index in [0.29, 0.717) is 5.13 Å². The van der Waals surface area contributed by atoms with Gasteiger partial charge in [0.05, 0.1) is 6.54 Å². The Labute approximate surface area is 109 Å². The lowest BCUT2D eigenvalue weighted by atomic mass is 10.2. The Morgan fingerprint density at radius 3 is 2.71 bits per heavy atom. The molecule has 0 aliphatic heterocycles. The van der Waals surface area contributed by atoms with Gasteiger partial charge in [0.15, 0.2) is 0 Å². The highest BCUT2D eigenvalue weighted by Gasteiger charge is 2.07. The van der Waals surface area contributed by atoms with Crippen LogP contribution < -0.4 is 5.73 Å². The van der Waals surface area contributed by atoms with E-state index in [-0.39, 0.29) is 0 Å². The summed E-state index contributed by atoms with van der Waals surface area (Å²) in [5.74, 6) is 0. The Balaban J connectivity index is 1.98. The molecule has 0 amide bonds. The summed E-state index contributed by atoms with van der Waals surface area (Å²) in [6.07, 6.45) is 0. The van der Waals surface area contributed by atoms with Crippen LogP contribution in [0.25, 0.3) is 0 Å². The predicted octanol–water partition coefficient (Wildman–Crippen LogP) is 2.41. The third kappa shape index (κ3) is 3.39. The summed E-state index contributed by atoms with van der Waals surface area (Å²) in [7, 11) is 2.01. The summed E-state index contributed by atoms with van der Waals surface area (Å²) in [6, 6.07) is 7.83. The van der Waals surface area contributed by atoms with Crippen LogP contribution in [0.3, 0.4) is 0 Å². The molecule has 0 atom stereocenters. The fraction of sp³-hybridized carbons (Fsp3) is 0.273. The molecule has 1 aromatic heterocycles. The van der Waals surface area contributed by atoms with Gasteiger partial charge in [0, 0.05) is 11.6 Å². The van der Waals surface area contributed by atoms with Crippen molar-refractivity contribution in [2.24, 2.45) is 0 Å². The number of nitrogens with two attached hydrogens (primary N) is 1. The molecule has 6 heteroatoms. The Bertz CT molecular complexity index is 500. The lowest BCUT2D eigenvalue weighted by Gasteiger charge is -2.15. The van der Waals surface area contributed by atoms with Crippen LogP contribution in [0.1, 0.15) is 10.6 Å². The van der Waals surface area contributed by atoms with E-state index >= 15 is 0 Å². The molecule has 17 heavy (non-hydrogen) atoms. The van der Waals surface area contributed by atoms with E-state index < -0.39 is 0 Å². The molecule has 2 N–H and O–H groups in total. The SMILES string of the molecule is CN(Cc1nnc(N)s1)Cc1ccccc1Cl. The molecular formula is C11H13ClN4S. The standard InChI is InChI=1S/C11H13ClN4S/c1-16(7-10-14-15-11(13)17-10)6-8-4-2-3-5-9(8)12/h2-5H,6-7H2,1H3,(H2,13,15). The molecule has 0 saturated carbocycles. The molecule has 0 aliphatic carbocycles. The van der Waals surface area contributed by atoms with Gasteiger partial charge in [-0.3, -0.25) is 4.90 Å². The van der Waals surface area contributed by atoms with Crippen LogP contribution in [-0.4, -0.2) is 22.1 Å². The van der Waals surface area contributed by atoms with Gasteiger partial charge in [-0.15, -0.1) is 10.2 Å². The smallest absolute Gasteiger partial charge is 0.203 e. The fourth-order valence-corrected chi connectivity index (χ4v) is 2.42. The first-order chi connectivity index (χ1) is 8.15. The molecule has 4 nitrogen and oxygen atoms in total. The summed E-state index contributed by atoms with van der Waals surface area (Å²) in [5.41, 5.74) is 6.64. The van der Waals surface area contributed by atoms with E-state index in [1.54, 1.807) is 0 Å². The summed E-state index contributed by atoms with van der Waals surface area (Å²) < 4.78 is 0. The molecule has 0 radical (unpaired) electrons. The highest BCUT2D eigenvalue weighted by molar-refractivity contribution is 7.15. The van der Waals surface area contributed by atoms with Crippen molar-refractivity contribution in [3.63, 3.8) is 0 Å². The minimum Gasteiger partial charge on any atom is -0.374 e. The number of nitrogens with zero attached hydrogens (tertiary/aromatic N) is 3. The number of anilines is 1. The lowest BCUT2D eigenvalue weighted by Crippen LogP contribution is -2.17. The molecule has 0 saturated heterocycles. The first-order valence-electron chi connectivity index (χ1n) is 5.15. The van der Waals surface area contributed by atoms with E-state index in [1.807, 2.05) is 31.3 Å². The second kappa shape index (κ2) is 5.44. The van der Waals surface area contributed by atoms with Crippen molar-refractivity contribution in [3.8, 4) is 0 Å². The molecule has 2 rings (SSSR count). The molecule has 0 aliphatic rings. The predicted molar refractivity (Wildman–Crippen MR) is 70.9 cm³/mol. The first-order valence-corrected chi connectivity index (χ1v) is 6.34. The van der Waals surface area contributed by atoms with Crippen LogP contribution >= 0.6 is 22.9 Å². The molecule has 90 valence electrons. The summed E-state index contributed by atoms with van der Waals surface area (Å²) in [4.78, 5) is 2.13. The number of rotatable bonds is 4. The Morgan fingerprint density at radius 1 is 1.29 bits per heavy atom. The Morgan fingerprint density at radius 2 is 2.06 bits per heavy atom. The Hall–Kier alpha value is -1.17. The zero-order chi connectivity index (χ0) is 12.3. The van der Waals surface area contributed by atoms with Crippen LogP contribution in [-0.2, 0) is 13.1 Å². The lowest BCUT2D eigenvalue weighted by molar-refractivity contribution is 0.318. The third-order valence-corrected chi connectivity index (χ3v) is 3.39. The minimum absolute atomic E-state index is 0.506. The van der Waals surface area contributed by atoms with Gasteiger partial charge < -0.3 is 5.73 Å². The van der Waals surface area contributed by atoms with Gasteiger partial charge in [0.25, 0.3) is 0 Å². The highest BCUT2D eigenvalue weighted by Crippen LogP contribution is 2.18. The van der Waals surface area contributed by atoms with Crippen LogP contribution in [0.2, 0.25) is 5.02 Å². The van der Waals surface area contributed by atoms with E-state index in [9.17, 15) is 0 Å². The number of hydrogen-bond donors (Lipinski definition) is 1. The number of benzene rings is 1. The van der Waals surface area contributed by atoms with Crippen molar-refractivity contribution >= 4 is 28.1 Å². The third-order valence-electron chi connectivity index (χ3n) is 2.29. The monoisotopic (exact) mass is 268 g/mol. The van der Waals surface area contributed by atoms with Gasteiger partial charge >= 0.3 is 0 Å². The van der Waals surface area contributed by atoms with Crippen molar-refractivity contribution in [2.45, 2.75) is 13.1 Å². The van der Waals surface area contributed by atoms with Gasteiger partial charge in [-0.25, -0.2) is 0 Å². The highest BCUT2D eigenvalue weighted by atomic mass is 35.5. The van der Waals surface area contributed by atoms with Gasteiger partial charge in [0.1, 0.15) is 5.01 Å². The maximum absolute atomic E-state index is 6.10. The second-order valence-electron chi connectivity index (χ2n) is 3.80. The number of halogens is 1. The molecule has 1 heterocycles. The zero-order valence-electron chi connectivity index (χ0n) is 9.43. The van der Waals surface area contributed by atoms with Crippen molar-refractivity contribution in [2.75, 3.05) is 12.8 Å². The Kier molecular flexibility index (Phi) is 3.93. The molecule has 0 fully saturated rings. The van der Waals surface area contributed by atoms with Crippen molar-refractivity contribution in [3.05, 3.63) is 39.9 Å². The first kappa shape index (κ1) is 12.3. The van der Waals surface area contributed by atoms with E-state index in [4.69, 9.17) is 17.3 Å². The summed E-state index contributed by atoms with van der Waals surface area (Å²) in [6.45, 7) is 1.50. The molecular weight excluding hydrogens is 256 g/mol. The maximum atomic E-state index is 6.10. The van der Waals surface area contributed by atoms with Crippen LogP contribution in [0.5, 0.6) is 0 Å². The largest absolute Gasteiger partial charge is 0.374 e. The average Bonchev–Trinajstić information content (AvgIpc) is 2.67. The maximum Gasteiger partial charge on any atom is 0.203 e. The molecule has 0 spiro atoms. The average molecular weight is 269 g/mol. The summed E-state index contributed by atoms with van der Waals surface area (Å²) in [5, 5.41) is 9.98. The molecule has 2 aromatic rings. The van der Waals surface area contributed by atoms with E-state index in [2.05, 4.69) is 15.1 Å². The van der Waals surface area contributed by atoms with Crippen molar-refractivity contribution in [1.29, 1.82) is 0 Å². The van der Waals surface area contributed by atoms with Crippen molar-refractivity contribution < 1.29 is 0 Å². The van der Waals surface area contributed by atoms with E-state index in [1.165, 1.54) is 11.3 Å². The van der Waals surface area contributed by atoms with Crippen LogP contribution in [0.15, 0.2) is 24.3 Å². The minimum atomic E-state index is 0.506. The molecule has 1 aromatic carbocycles. The number of hydrogen-bond acceptors (Lipinski definition) is 5. The molecule has 0 bridgehead atoms.